The highest BCUT2D eigenvalue weighted by molar-refractivity contribution is 5.94. The van der Waals surface area contributed by atoms with Crippen molar-refractivity contribution in [2.75, 3.05) is 5.32 Å². The maximum absolute atomic E-state index is 12.5. The molecule has 2 aromatic carbocycles. The number of nitrogens with one attached hydrogen (secondary N) is 2. The molecule has 1 aliphatic rings. The van der Waals surface area contributed by atoms with Crippen LogP contribution >= 0.6 is 0 Å². The van der Waals surface area contributed by atoms with Crippen molar-refractivity contribution in [3.63, 3.8) is 0 Å². The van der Waals surface area contributed by atoms with E-state index in [1.165, 1.54) is 24.0 Å². The van der Waals surface area contributed by atoms with Crippen molar-refractivity contribution in [1.29, 1.82) is 5.26 Å². The summed E-state index contributed by atoms with van der Waals surface area (Å²) < 4.78 is 0. The number of hydrogen-bond acceptors (Lipinski definition) is 3. The van der Waals surface area contributed by atoms with Gasteiger partial charge in [-0.25, -0.2) is 0 Å². The van der Waals surface area contributed by atoms with Crippen LogP contribution < -0.4 is 10.6 Å². The summed E-state index contributed by atoms with van der Waals surface area (Å²) in [5.74, 6) is 0.507. The molecule has 25 heavy (non-hydrogen) atoms. The first kappa shape index (κ1) is 17.2. The zero-order valence-electron chi connectivity index (χ0n) is 14.6. The lowest BCUT2D eigenvalue weighted by atomic mass is 10.00. The van der Waals surface area contributed by atoms with Crippen LogP contribution in [0, 0.1) is 24.2 Å². The van der Waals surface area contributed by atoms with Crippen LogP contribution in [0.5, 0.6) is 0 Å². The van der Waals surface area contributed by atoms with E-state index in [0.29, 0.717) is 17.2 Å². The van der Waals surface area contributed by atoms with Crippen LogP contribution in [0.4, 0.5) is 5.69 Å². The molecule has 1 amide bonds. The normalized spacial score (nSPS) is 15.9. The molecule has 0 spiro atoms. The lowest BCUT2D eigenvalue weighted by Crippen LogP contribution is -2.40. The molecule has 0 bridgehead atoms. The second-order valence-electron chi connectivity index (χ2n) is 6.80. The number of aryl methyl sites for hydroxylation is 1. The van der Waals surface area contributed by atoms with E-state index in [4.69, 9.17) is 5.26 Å². The third-order valence-electron chi connectivity index (χ3n) is 4.61. The summed E-state index contributed by atoms with van der Waals surface area (Å²) in [6, 6.07) is 17.5. The molecule has 0 saturated heterocycles. The second-order valence-corrected chi connectivity index (χ2v) is 6.80. The fourth-order valence-corrected chi connectivity index (χ4v) is 2.97. The number of nitriles is 1. The molecule has 4 nitrogen and oxygen atoms in total. The maximum Gasteiger partial charge on any atom is 0.241 e. The SMILES string of the molecule is Cc1ccc([C@H](N[C@H](C)C(=O)Nc2cccc(C#N)c2)C2CC2)cc1. The molecule has 128 valence electrons. The molecule has 0 unspecified atom stereocenters. The number of rotatable bonds is 6. The van der Waals surface area contributed by atoms with Gasteiger partial charge in [0.05, 0.1) is 17.7 Å². The lowest BCUT2D eigenvalue weighted by molar-refractivity contribution is -0.118. The maximum atomic E-state index is 12.5. The van der Waals surface area contributed by atoms with Gasteiger partial charge in [-0.2, -0.15) is 5.26 Å². The van der Waals surface area contributed by atoms with Gasteiger partial charge in [-0.05, 0) is 56.4 Å². The van der Waals surface area contributed by atoms with Gasteiger partial charge in [0.15, 0.2) is 0 Å². The largest absolute Gasteiger partial charge is 0.325 e. The molecule has 2 atom stereocenters. The van der Waals surface area contributed by atoms with Gasteiger partial charge >= 0.3 is 0 Å². The smallest absolute Gasteiger partial charge is 0.241 e. The average molecular weight is 333 g/mol. The Morgan fingerprint density at radius 2 is 1.92 bits per heavy atom. The van der Waals surface area contributed by atoms with Crippen LogP contribution in [0.1, 0.15) is 42.5 Å². The van der Waals surface area contributed by atoms with E-state index >= 15 is 0 Å². The number of hydrogen-bond donors (Lipinski definition) is 2. The summed E-state index contributed by atoms with van der Waals surface area (Å²) >= 11 is 0. The van der Waals surface area contributed by atoms with Gasteiger partial charge in [0.1, 0.15) is 0 Å². The molecule has 3 rings (SSSR count). The second kappa shape index (κ2) is 7.50. The first-order valence-electron chi connectivity index (χ1n) is 8.70. The molecular weight excluding hydrogens is 310 g/mol. The summed E-state index contributed by atoms with van der Waals surface area (Å²) in [6.45, 7) is 3.96. The fraction of sp³-hybridized carbons (Fsp3) is 0.333. The van der Waals surface area contributed by atoms with E-state index in [1.807, 2.05) is 6.92 Å². The Morgan fingerprint density at radius 3 is 2.56 bits per heavy atom. The standard InChI is InChI=1S/C21H23N3O/c1-14-6-8-17(9-7-14)20(18-10-11-18)23-15(2)21(25)24-19-5-3-4-16(12-19)13-22/h3-9,12,15,18,20,23H,10-11H2,1-2H3,(H,24,25)/t15-,20+/m1/s1. The first-order valence-corrected chi connectivity index (χ1v) is 8.70. The molecule has 0 radical (unpaired) electrons. The van der Waals surface area contributed by atoms with Gasteiger partial charge in [0.2, 0.25) is 5.91 Å². The highest BCUT2D eigenvalue weighted by Gasteiger charge is 2.34. The quantitative estimate of drug-likeness (QED) is 0.841. The molecule has 1 saturated carbocycles. The Morgan fingerprint density at radius 1 is 1.20 bits per heavy atom. The molecule has 0 aliphatic heterocycles. The van der Waals surface area contributed by atoms with Crippen LogP contribution in [0.3, 0.4) is 0 Å². The predicted molar refractivity (Wildman–Crippen MR) is 99.0 cm³/mol. The van der Waals surface area contributed by atoms with E-state index in [1.54, 1.807) is 24.3 Å². The van der Waals surface area contributed by atoms with Crippen molar-refractivity contribution in [1.82, 2.24) is 5.32 Å². The van der Waals surface area contributed by atoms with E-state index in [2.05, 4.69) is 47.9 Å². The summed E-state index contributed by atoms with van der Waals surface area (Å²) in [7, 11) is 0. The van der Waals surface area contributed by atoms with Gasteiger partial charge < -0.3 is 5.32 Å². The molecule has 1 aliphatic carbocycles. The van der Waals surface area contributed by atoms with E-state index in [9.17, 15) is 4.79 Å². The minimum Gasteiger partial charge on any atom is -0.325 e. The van der Waals surface area contributed by atoms with Crippen molar-refractivity contribution in [2.45, 2.75) is 38.8 Å². The number of amides is 1. The third kappa shape index (κ3) is 4.46. The summed E-state index contributed by atoms with van der Waals surface area (Å²) in [5.41, 5.74) is 3.66. The molecule has 2 aromatic rings. The molecule has 1 fully saturated rings. The van der Waals surface area contributed by atoms with Crippen LogP contribution in [0.15, 0.2) is 48.5 Å². The van der Waals surface area contributed by atoms with Gasteiger partial charge in [0, 0.05) is 11.7 Å². The van der Waals surface area contributed by atoms with Crippen molar-refractivity contribution < 1.29 is 4.79 Å². The molecular formula is C21H23N3O. The van der Waals surface area contributed by atoms with Crippen molar-refractivity contribution in [3.8, 4) is 6.07 Å². The number of benzene rings is 2. The average Bonchev–Trinajstić information content (AvgIpc) is 3.45. The van der Waals surface area contributed by atoms with Gasteiger partial charge in [-0.1, -0.05) is 35.9 Å². The summed E-state index contributed by atoms with van der Waals surface area (Å²) in [4.78, 5) is 12.5. The first-order chi connectivity index (χ1) is 12.1. The number of nitrogens with zero attached hydrogens (tertiary/aromatic N) is 1. The number of carbonyl (C=O) groups excluding carboxylic acids is 1. The number of carbonyl (C=O) groups is 1. The molecule has 4 heteroatoms. The van der Waals surface area contributed by atoms with E-state index < -0.39 is 0 Å². The topological polar surface area (TPSA) is 64.9 Å². The summed E-state index contributed by atoms with van der Waals surface area (Å²) in [6.07, 6.45) is 2.40. The Balaban J connectivity index is 1.66. The fourth-order valence-electron chi connectivity index (χ4n) is 2.97. The highest BCUT2D eigenvalue weighted by Crippen LogP contribution is 2.41. The molecule has 2 N–H and O–H groups in total. The van der Waals surface area contributed by atoms with Crippen LogP contribution in [-0.4, -0.2) is 11.9 Å². The molecule has 0 heterocycles. The van der Waals surface area contributed by atoms with Gasteiger partial charge in [-0.15, -0.1) is 0 Å². The third-order valence-corrected chi connectivity index (χ3v) is 4.61. The Kier molecular flexibility index (Phi) is 5.16. The van der Waals surface area contributed by atoms with E-state index in [0.717, 1.165) is 0 Å². The van der Waals surface area contributed by atoms with E-state index in [-0.39, 0.29) is 18.0 Å². The minimum absolute atomic E-state index is 0.0900. The lowest BCUT2D eigenvalue weighted by Gasteiger charge is -2.23. The van der Waals surface area contributed by atoms with Crippen LogP contribution in [0.25, 0.3) is 0 Å². The van der Waals surface area contributed by atoms with Crippen molar-refractivity contribution in [3.05, 3.63) is 65.2 Å². The van der Waals surface area contributed by atoms with Crippen molar-refractivity contribution >= 4 is 11.6 Å². The highest BCUT2D eigenvalue weighted by atomic mass is 16.2. The Labute approximate surface area is 148 Å². The molecule has 0 aromatic heterocycles. The van der Waals surface area contributed by atoms with Crippen LogP contribution in [-0.2, 0) is 4.79 Å². The zero-order chi connectivity index (χ0) is 17.8. The Hall–Kier alpha value is -2.64. The monoisotopic (exact) mass is 333 g/mol. The van der Waals surface area contributed by atoms with Crippen molar-refractivity contribution in [2.24, 2.45) is 5.92 Å². The van der Waals surface area contributed by atoms with Crippen LogP contribution in [0.2, 0.25) is 0 Å². The number of anilines is 1. The van der Waals surface area contributed by atoms with Gasteiger partial charge in [-0.3, -0.25) is 10.1 Å². The Bertz CT molecular complexity index is 788. The summed E-state index contributed by atoms with van der Waals surface area (Å²) in [5, 5.41) is 15.3. The predicted octanol–water partition coefficient (Wildman–Crippen LogP) is 3.93. The van der Waals surface area contributed by atoms with Gasteiger partial charge in [0.25, 0.3) is 0 Å². The minimum atomic E-state index is -0.322. The zero-order valence-corrected chi connectivity index (χ0v) is 14.6.